The molecule has 1 radical (unpaired) electrons. The van der Waals surface area contributed by atoms with Crippen LogP contribution in [-0.2, 0) is 35.8 Å². The fraction of sp³-hybridized carbons (Fsp3) is 0.477. The van der Waals surface area contributed by atoms with Crippen LogP contribution >= 0.6 is 0 Å². The molecule has 0 saturated carbocycles. The number of aryl methyl sites for hydroxylation is 3. The van der Waals surface area contributed by atoms with Gasteiger partial charge in [0.05, 0.1) is 5.69 Å². The van der Waals surface area contributed by atoms with Crippen molar-refractivity contribution < 1.29 is 16.5 Å². The molecule has 1 nitrogen and oxygen atoms in total. The van der Waals surface area contributed by atoms with Gasteiger partial charge in [-0.15, -0.1) is 29.3 Å². The smallest absolute Gasteiger partial charge is 0.358 e. The molecule has 0 aliphatic carbocycles. The van der Waals surface area contributed by atoms with Crippen molar-refractivity contribution in [3.8, 4) is 11.1 Å². The van der Waals surface area contributed by atoms with E-state index in [1.807, 2.05) is 0 Å². The molecule has 2 heteroatoms. The largest absolute Gasteiger partial charge is 3.00 e. The van der Waals surface area contributed by atoms with E-state index in [1.165, 1.54) is 115 Å². The molecule has 0 unspecified atom stereocenters. The van der Waals surface area contributed by atoms with E-state index in [4.69, 9.17) is 4.99 Å². The molecule has 0 aliphatic heterocycles. The Morgan fingerprint density at radius 1 is 0.696 bits per heavy atom. The predicted molar refractivity (Wildman–Crippen MR) is 204 cm³/mol. The number of rotatable bonds is 18. The summed E-state index contributed by atoms with van der Waals surface area (Å²) >= 11 is 0. The second-order valence-corrected chi connectivity index (χ2v) is 12.1. The van der Waals surface area contributed by atoms with Crippen molar-refractivity contribution in [3.05, 3.63) is 114 Å². The Bertz CT molecular complexity index is 1280. The van der Waals surface area contributed by atoms with Crippen LogP contribution in [0.2, 0.25) is 0 Å². The molecule has 0 N–H and O–H groups in total. The summed E-state index contributed by atoms with van der Waals surface area (Å²) < 4.78 is 0. The number of benzene rings is 3. The minimum Gasteiger partial charge on any atom is -0.358 e. The van der Waals surface area contributed by atoms with Gasteiger partial charge in [0.15, 0.2) is 0 Å². The summed E-state index contributed by atoms with van der Waals surface area (Å²) in [5.41, 5.74) is 12.8. The summed E-state index contributed by atoms with van der Waals surface area (Å²) in [6.07, 6.45) is 21.0. The van der Waals surface area contributed by atoms with E-state index in [9.17, 15) is 0 Å². The topological polar surface area (TPSA) is 12.4 Å². The minimum atomic E-state index is 0. The normalized spacial score (nSPS) is 11.3. The molecule has 0 spiro atoms. The molecule has 0 aliphatic rings. The SMILES string of the molecule is CCCCCCCCc1cc([C-]=C(CC)C(C)=Nc2cc(CCCC)c(C)c(-c3ccccc3)c2)cc(CCCC)c1.[CH2-]C.[CH3-].[Ni+3]. The van der Waals surface area contributed by atoms with Crippen molar-refractivity contribution in [2.24, 2.45) is 4.99 Å². The van der Waals surface area contributed by atoms with Gasteiger partial charge in [-0.05, 0) is 79.1 Å². The van der Waals surface area contributed by atoms with Crippen LogP contribution in [0.15, 0.2) is 71.2 Å². The number of nitrogens with zero attached hydrogens (tertiary/aromatic N) is 1. The summed E-state index contributed by atoms with van der Waals surface area (Å²) in [6, 6.07) is 22.6. The molecule has 46 heavy (non-hydrogen) atoms. The molecule has 0 heterocycles. The van der Waals surface area contributed by atoms with Gasteiger partial charge in [-0.2, -0.15) is 6.92 Å². The molecule has 3 aromatic carbocycles. The molecular formula is C44H64NNi. The summed E-state index contributed by atoms with van der Waals surface area (Å²) in [5, 5.41) is 0. The van der Waals surface area contributed by atoms with Gasteiger partial charge in [0.25, 0.3) is 0 Å². The fourth-order valence-electron chi connectivity index (χ4n) is 5.85. The van der Waals surface area contributed by atoms with Crippen LogP contribution in [0, 0.1) is 27.4 Å². The van der Waals surface area contributed by atoms with Crippen LogP contribution in [0.4, 0.5) is 5.69 Å². The molecule has 0 fully saturated rings. The maximum atomic E-state index is 5.22. The third kappa shape index (κ3) is 15.0. The maximum absolute atomic E-state index is 5.22. The van der Waals surface area contributed by atoms with Crippen LogP contribution in [0.5, 0.6) is 0 Å². The Kier molecular flexibility index (Phi) is 24.3. The quantitative estimate of drug-likeness (QED) is 0.0555. The Morgan fingerprint density at radius 2 is 1.26 bits per heavy atom. The third-order valence-electron chi connectivity index (χ3n) is 8.46. The van der Waals surface area contributed by atoms with Gasteiger partial charge < -0.3 is 19.3 Å². The Labute approximate surface area is 295 Å². The average Bonchev–Trinajstić information content (AvgIpc) is 3.05. The minimum absolute atomic E-state index is 0. The summed E-state index contributed by atoms with van der Waals surface area (Å²) in [7, 11) is 0. The number of allylic oxidation sites excluding steroid dienone is 1. The maximum Gasteiger partial charge on any atom is 3.00 e. The van der Waals surface area contributed by atoms with Crippen LogP contribution < -0.4 is 0 Å². The first-order valence-corrected chi connectivity index (χ1v) is 17.7. The summed E-state index contributed by atoms with van der Waals surface area (Å²) in [4.78, 5) is 5.22. The molecule has 3 rings (SSSR count). The van der Waals surface area contributed by atoms with Gasteiger partial charge in [0, 0.05) is 0 Å². The fourth-order valence-corrected chi connectivity index (χ4v) is 5.85. The standard InChI is InChI=1S/C41H56N.C2H5.CH3.Ni/c1-7-11-14-15-16-18-22-35-26-34(21-12-8-2)27-36(28-35)29-37(10-4)33(6)42-40-30-39(23-13-9-3)32(5)41(31-40)38-24-19-17-20-25-38;1-2;;/h17,19-20,24-28,30-31H,7-16,18,21-23H2,1-6H3;1H2,2H3;1H3;/q3*-1;+3. The Balaban J connectivity index is 0.00000496. The number of aliphatic imine (C=N–C) groups is 1. The van der Waals surface area contributed by atoms with Crippen molar-refractivity contribution in [3.63, 3.8) is 0 Å². The van der Waals surface area contributed by atoms with E-state index in [0.717, 1.165) is 30.7 Å². The van der Waals surface area contributed by atoms with E-state index in [0.29, 0.717) is 0 Å². The molecular weight excluding hydrogens is 601 g/mol. The zero-order valence-electron chi connectivity index (χ0n) is 30.6. The van der Waals surface area contributed by atoms with E-state index in [2.05, 4.69) is 115 Å². The van der Waals surface area contributed by atoms with Crippen molar-refractivity contribution in [1.82, 2.24) is 0 Å². The van der Waals surface area contributed by atoms with E-state index < -0.39 is 0 Å². The van der Waals surface area contributed by atoms with Gasteiger partial charge >= 0.3 is 16.5 Å². The third-order valence-corrected chi connectivity index (χ3v) is 8.46. The Hall–Kier alpha value is -2.44. The molecule has 3 aromatic rings. The molecule has 255 valence electrons. The second-order valence-electron chi connectivity index (χ2n) is 12.1. The van der Waals surface area contributed by atoms with Gasteiger partial charge in [0.2, 0.25) is 0 Å². The van der Waals surface area contributed by atoms with Gasteiger partial charge in [-0.25, -0.2) is 0 Å². The number of unbranched alkanes of at least 4 members (excludes halogenated alkanes) is 7. The first kappa shape index (κ1) is 43.6. The van der Waals surface area contributed by atoms with Crippen molar-refractivity contribution >= 4 is 11.4 Å². The molecule has 0 aromatic heterocycles. The van der Waals surface area contributed by atoms with Gasteiger partial charge in [-0.1, -0.05) is 140 Å². The van der Waals surface area contributed by atoms with Crippen molar-refractivity contribution in [1.29, 1.82) is 0 Å². The summed E-state index contributed by atoms with van der Waals surface area (Å²) in [5.74, 6) is 0. The van der Waals surface area contributed by atoms with Crippen molar-refractivity contribution in [2.45, 2.75) is 138 Å². The molecule has 0 saturated heterocycles. The summed E-state index contributed by atoms with van der Waals surface area (Å²) in [6.45, 7) is 18.5. The Morgan fingerprint density at radius 3 is 1.87 bits per heavy atom. The zero-order chi connectivity index (χ0) is 32.2. The van der Waals surface area contributed by atoms with Crippen molar-refractivity contribution in [2.75, 3.05) is 0 Å². The first-order valence-electron chi connectivity index (χ1n) is 17.7. The molecule has 0 bridgehead atoms. The van der Waals surface area contributed by atoms with Gasteiger partial charge in [0.1, 0.15) is 0 Å². The van der Waals surface area contributed by atoms with Gasteiger partial charge in [-0.3, -0.25) is 0 Å². The second kappa shape index (κ2) is 25.6. The molecule has 0 atom stereocenters. The average molecular weight is 666 g/mol. The first-order chi connectivity index (χ1) is 21.5. The monoisotopic (exact) mass is 664 g/mol. The van der Waals surface area contributed by atoms with E-state index in [1.54, 1.807) is 6.92 Å². The molecule has 0 amide bonds. The number of hydrogen-bond donors (Lipinski definition) is 0. The van der Waals surface area contributed by atoms with E-state index >= 15 is 0 Å². The van der Waals surface area contributed by atoms with Crippen LogP contribution in [0.25, 0.3) is 11.1 Å². The van der Waals surface area contributed by atoms with Crippen LogP contribution in [0.3, 0.4) is 0 Å². The van der Waals surface area contributed by atoms with E-state index in [-0.39, 0.29) is 23.9 Å². The number of hydrogen-bond acceptors (Lipinski definition) is 1. The predicted octanol–water partition coefficient (Wildman–Crippen LogP) is 13.8. The zero-order valence-corrected chi connectivity index (χ0v) is 31.6. The van der Waals surface area contributed by atoms with Crippen LogP contribution in [0.1, 0.15) is 140 Å². The van der Waals surface area contributed by atoms with Crippen LogP contribution in [-0.4, -0.2) is 5.71 Å².